The maximum atomic E-state index is 13.0. The van der Waals surface area contributed by atoms with Crippen LogP contribution >= 0.6 is 0 Å². The zero-order chi connectivity index (χ0) is 12.1. The van der Waals surface area contributed by atoms with Crippen molar-refractivity contribution in [2.75, 3.05) is 7.11 Å². The fourth-order valence-electron chi connectivity index (χ4n) is 1.44. The molecule has 86 valence electrons. The predicted molar refractivity (Wildman–Crippen MR) is 57.0 cm³/mol. The van der Waals surface area contributed by atoms with Gasteiger partial charge in [-0.05, 0) is 25.1 Å². The van der Waals surface area contributed by atoms with E-state index in [4.69, 9.17) is 4.74 Å². The van der Waals surface area contributed by atoms with Crippen molar-refractivity contribution >= 4 is 11.6 Å². The van der Waals surface area contributed by atoms with Crippen molar-refractivity contribution in [2.24, 2.45) is 0 Å². The molecule has 0 saturated heterocycles. The highest BCUT2D eigenvalue weighted by molar-refractivity contribution is 5.98. The molecule has 3 nitrogen and oxygen atoms in total. The minimum atomic E-state index is -0.425. The lowest BCUT2D eigenvalue weighted by atomic mass is 10.0. The summed E-state index contributed by atoms with van der Waals surface area (Å²) < 4.78 is 18.0. The second-order valence-corrected chi connectivity index (χ2v) is 3.55. The SMILES string of the molecule is COc1ccc(F)cc1CC(=O)CC(C)=O. The monoisotopic (exact) mass is 224 g/mol. The number of methoxy groups -OCH3 is 1. The molecule has 0 amide bonds. The standard InChI is InChI=1S/C12H13FO3/c1-8(14)5-11(15)7-9-6-10(13)3-4-12(9)16-2/h3-4,6H,5,7H2,1-2H3. The van der Waals surface area contributed by atoms with Crippen LogP contribution in [0.3, 0.4) is 0 Å². The van der Waals surface area contributed by atoms with Crippen molar-refractivity contribution in [1.29, 1.82) is 0 Å². The summed E-state index contributed by atoms with van der Waals surface area (Å²) in [7, 11) is 1.45. The molecule has 0 aliphatic rings. The van der Waals surface area contributed by atoms with Crippen LogP contribution in [0.25, 0.3) is 0 Å². The molecule has 0 aliphatic heterocycles. The highest BCUT2D eigenvalue weighted by Crippen LogP contribution is 2.20. The third kappa shape index (κ3) is 3.46. The van der Waals surface area contributed by atoms with Crippen LogP contribution in [0.15, 0.2) is 18.2 Å². The number of ketones is 2. The van der Waals surface area contributed by atoms with Crippen molar-refractivity contribution < 1.29 is 18.7 Å². The summed E-state index contributed by atoms with van der Waals surface area (Å²) in [5, 5.41) is 0. The van der Waals surface area contributed by atoms with Gasteiger partial charge in [0.05, 0.1) is 13.5 Å². The third-order valence-corrected chi connectivity index (χ3v) is 2.08. The highest BCUT2D eigenvalue weighted by Gasteiger charge is 2.11. The van der Waals surface area contributed by atoms with E-state index >= 15 is 0 Å². The van der Waals surface area contributed by atoms with Crippen LogP contribution in [0.5, 0.6) is 5.75 Å². The summed E-state index contributed by atoms with van der Waals surface area (Å²) >= 11 is 0. The van der Waals surface area contributed by atoms with E-state index in [1.807, 2.05) is 0 Å². The Bertz CT molecular complexity index is 413. The molecule has 0 saturated carbocycles. The zero-order valence-corrected chi connectivity index (χ0v) is 9.25. The molecule has 0 radical (unpaired) electrons. The van der Waals surface area contributed by atoms with Crippen LogP contribution in [-0.4, -0.2) is 18.7 Å². The summed E-state index contributed by atoms with van der Waals surface area (Å²) in [5.41, 5.74) is 0.466. The van der Waals surface area contributed by atoms with Gasteiger partial charge in [0, 0.05) is 12.0 Å². The van der Waals surface area contributed by atoms with Gasteiger partial charge in [0.25, 0.3) is 0 Å². The summed E-state index contributed by atoms with van der Waals surface area (Å²) in [4.78, 5) is 22.1. The number of carbonyl (C=O) groups excluding carboxylic acids is 2. The molecule has 4 heteroatoms. The van der Waals surface area contributed by atoms with Gasteiger partial charge in [-0.15, -0.1) is 0 Å². The van der Waals surface area contributed by atoms with Crippen molar-refractivity contribution in [2.45, 2.75) is 19.8 Å². The average molecular weight is 224 g/mol. The zero-order valence-electron chi connectivity index (χ0n) is 9.25. The Balaban J connectivity index is 2.83. The second-order valence-electron chi connectivity index (χ2n) is 3.55. The Hall–Kier alpha value is -1.71. The number of carbonyl (C=O) groups is 2. The molecule has 0 heterocycles. The molecule has 0 bridgehead atoms. The first-order valence-corrected chi connectivity index (χ1v) is 4.86. The number of rotatable bonds is 5. The van der Waals surface area contributed by atoms with E-state index in [-0.39, 0.29) is 24.4 Å². The number of halogens is 1. The van der Waals surface area contributed by atoms with E-state index in [0.29, 0.717) is 11.3 Å². The molecule has 1 aromatic rings. The first kappa shape index (κ1) is 12.4. The van der Waals surface area contributed by atoms with E-state index in [1.54, 1.807) is 0 Å². The lowest BCUT2D eigenvalue weighted by molar-refractivity contribution is -0.125. The summed E-state index contributed by atoms with van der Waals surface area (Å²) in [5.74, 6) is -0.401. The lowest BCUT2D eigenvalue weighted by Crippen LogP contribution is -2.08. The molecular weight excluding hydrogens is 211 g/mol. The third-order valence-electron chi connectivity index (χ3n) is 2.08. The summed E-state index contributed by atoms with van der Waals surface area (Å²) in [6.07, 6.45) is -0.111. The van der Waals surface area contributed by atoms with Crippen LogP contribution in [0.1, 0.15) is 18.9 Å². The molecule has 0 fully saturated rings. The quantitative estimate of drug-likeness (QED) is 0.718. The normalized spacial score (nSPS) is 9.94. The largest absolute Gasteiger partial charge is 0.496 e. The van der Waals surface area contributed by atoms with E-state index in [0.717, 1.165) is 0 Å². The Morgan fingerprint density at radius 1 is 1.38 bits per heavy atom. The van der Waals surface area contributed by atoms with Crippen LogP contribution < -0.4 is 4.74 Å². The van der Waals surface area contributed by atoms with Crippen molar-refractivity contribution in [3.8, 4) is 5.75 Å². The van der Waals surface area contributed by atoms with Gasteiger partial charge in [0.2, 0.25) is 0 Å². The summed E-state index contributed by atoms with van der Waals surface area (Å²) in [6.45, 7) is 1.35. The molecule has 0 aromatic heterocycles. The molecule has 0 spiro atoms. The van der Waals surface area contributed by atoms with Gasteiger partial charge in [-0.25, -0.2) is 4.39 Å². The summed E-state index contributed by atoms with van der Waals surface area (Å²) in [6, 6.07) is 3.97. The van der Waals surface area contributed by atoms with E-state index in [9.17, 15) is 14.0 Å². The topological polar surface area (TPSA) is 43.4 Å². The van der Waals surface area contributed by atoms with Crippen molar-refractivity contribution in [3.05, 3.63) is 29.6 Å². The fraction of sp³-hybridized carbons (Fsp3) is 0.333. The van der Waals surface area contributed by atoms with E-state index in [2.05, 4.69) is 0 Å². The Kier molecular flexibility index (Phi) is 4.17. The van der Waals surface area contributed by atoms with E-state index in [1.165, 1.54) is 32.2 Å². The Morgan fingerprint density at radius 2 is 2.06 bits per heavy atom. The number of benzene rings is 1. The van der Waals surface area contributed by atoms with Crippen LogP contribution in [0, 0.1) is 5.82 Å². The van der Waals surface area contributed by atoms with Gasteiger partial charge in [-0.3, -0.25) is 9.59 Å². The van der Waals surface area contributed by atoms with Crippen LogP contribution in [-0.2, 0) is 16.0 Å². The predicted octanol–water partition coefficient (Wildman–Crippen LogP) is 1.93. The molecule has 16 heavy (non-hydrogen) atoms. The van der Waals surface area contributed by atoms with Gasteiger partial charge < -0.3 is 4.74 Å². The smallest absolute Gasteiger partial charge is 0.144 e. The number of Topliss-reactive ketones (excluding diaryl/α,β-unsaturated/α-hetero) is 2. The van der Waals surface area contributed by atoms with Crippen molar-refractivity contribution in [3.63, 3.8) is 0 Å². The van der Waals surface area contributed by atoms with Gasteiger partial charge in [0.1, 0.15) is 23.1 Å². The first-order chi connectivity index (χ1) is 7.52. The first-order valence-electron chi connectivity index (χ1n) is 4.86. The molecule has 0 unspecified atom stereocenters. The average Bonchev–Trinajstić information content (AvgIpc) is 2.16. The molecule has 0 aliphatic carbocycles. The maximum absolute atomic E-state index is 13.0. The molecule has 0 N–H and O–H groups in total. The van der Waals surface area contributed by atoms with Gasteiger partial charge in [-0.2, -0.15) is 0 Å². The molecular formula is C12H13FO3. The molecule has 1 aromatic carbocycles. The Morgan fingerprint density at radius 3 is 2.62 bits per heavy atom. The lowest BCUT2D eigenvalue weighted by Gasteiger charge is -2.07. The number of hydrogen-bond acceptors (Lipinski definition) is 3. The van der Waals surface area contributed by atoms with E-state index < -0.39 is 5.82 Å². The van der Waals surface area contributed by atoms with Crippen molar-refractivity contribution in [1.82, 2.24) is 0 Å². The maximum Gasteiger partial charge on any atom is 0.144 e. The van der Waals surface area contributed by atoms with Gasteiger partial charge in [0.15, 0.2) is 0 Å². The molecule has 0 atom stereocenters. The minimum Gasteiger partial charge on any atom is -0.496 e. The Labute approximate surface area is 93.2 Å². The highest BCUT2D eigenvalue weighted by atomic mass is 19.1. The second kappa shape index (κ2) is 5.39. The van der Waals surface area contributed by atoms with Gasteiger partial charge >= 0.3 is 0 Å². The minimum absolute atomic E-state index is 0.0144. The number of ether oxygens (including phenoxy) is 1. The van der Waals surface area contributed by atoms with Crippen LogP contribution in [0.2, 0.25) is 0 Å². The fourth-order valence-corrected chi connectivity index (χ4v) is 1.44. The van der Waals surface area contributed by atoms with Crippen LogP contribution in [0.4, 0.5) is 4.39 Å². The number of hydrogen-bond donors (Lipinski definition) is 0. The van der Waals surface area contributed by atoms with Gasteiger partial charge in [-0.1, -0.05) is 0 Å². The molecule has 1 rings (SSSR count).